The lowest BCUT2D eigenvalue weighted by Crippen LogP contribution is -2.39. The number of carbonyl (C=O) groups excluding carboxylic acids is 1. The Morgan fingerprint density at radius 1 is 1.57 bits per heavy atom. The van der Waals surface area contributed by atoms with Gasteiger partial charge in [-0.3, -0.25) is 4.79 Å². The van der Waals surface area contributed by atoms with Crippen molar-refractivity contribution < 1.29 is 9.18 Å². The molecular weight excluding hydrogens is 249 g/mol. The summed E-state index contributed by atoms with van der Waals surface area (Å²) in [6, 6.07) is 2.78. The normalized spacial score (nSPS) is 20.2. The number of carbonyl (C=O) groups is 1. The van der Waals surface area contributed by atoms with Crippen LogP contribution in [0.4, 0.5) is 4.39 Å². The molecule has 14 heavy (non-hydrogen) atoms. The van der Waals surface area contributed by atoms with E-state index in [0.29, 0.717) is 10.0 Å². The lowest BCUT2D eigenvalue weighted by molar-refractivity contribution is 0.0928. The van der Waals surface area contributed by atoms with Crippen molar-refractivity contribution in [1.29, 1.82) is 0 Å². The average Bonchev–Trinajstić information content (AvgIpc) is 2.07. The van der Waals surface area contributed by atoms with Crippen LogP contribution < -0.4 is 5.32 Å². The second kappa shape index (κ2) is 3.35. The molecule has 2 rings (SSSR count). The van der Waals surface area contributed by atoms with Crippen molar-refractivity contribution in [3.63, 3.8) is 0 Å². The van der Waals surface area contributed by atoms with E-state index in [4.69, 9.17) is 0 Å². The van der Waals surface area contributed by atoms with Crippen LogP contribution in [0.5, 0.6) is 0 Å². The van der Waals surface area contributed by atoms with Gasteiger partial charge < -0.3 is 5.32 Å². The number of amides is 1. The monoisotopic (exact) mass is 257 g/mol. The fraction of sp³-hybridized carbons (Fsp3) is 0.300. The van der Waals surface area contributed by atoms with Crippen LogP contribution >= 0.6 is 15.9 Å². The number of hydrogen-bond donors (Lipinski definition) is 1. The fourth-order valence-electron chi connectivity index (χ4n) is 1.67. The van der Waals surface area contributed by atoms with E-state index in [9.17, 15) is 9.18 Å². The summed E-state index contributed by atoms with van der Waals surface area (Å²) in [5, 5.41) is 2.76. The van der Waals surface area contributed by atoms with E-state index in [0.717, 1.165) is 12.0 Å². The van der Waals surface area contributed by atoms with Gasteiger partial charge in [0.1, 0.15) is 5.82 Å². The van der Waals surface area contributed by atoms with Crippen molar-refractivity contribution in [1.82, 2.24) is 5.32 Å². The summed E-state index contributed by atoms with van der Waals surface area (Å²) in [7, 11) is 0. The fourth-order valence-corrected chi connectivity index (χ4v) is 2.27. The summed E-state index contributed by atoms with van der Waals surface area (Å²) in [6.07, 6.45) is 0.738. The molecule has 1 unspecified atom stereocenters. The van der Waals surface area contributed by atoms with Gasteiger partial charge >= 0.3 is 0 Å². The van der Waals surface area contributed by atoms with E-state index in [1.165, 1.54) is 12.1 Å². The topological polar surface area (TPSA) is 29.1 Å². The molecule has 1 aromatic rings. The highest BCUT2D eigenvalue weighted by Crippen LogP contribution is 2.26. The molecule has 1 aliphatic rings. The number of rotatable bonds is 0. The Kier molecular flexibility index (Phi) is 2.31. The number of hydrogen-bond acceptors (Lipinski definition) is 1. The highest BCUT2D eigenvalue weighted by Gasteiger charge is 2.23. The molecule has 0 radical (unpaired) electrons. The first kappa shape index (κ1) is 9.65. The molecule has 1 amide bonds. The average molecular weight is 258 g/mol. The largest absolute Gasteiger partial charge is 0.349 e. The lowest BCUT2D eigenvalue weighted by Gasteiger charge is -2.23. The standard InChI is InChI=1S/C10H9BrFNO/c1-5-2-7-8(10(14)13-5)3-6(12)4-9(7)11/h3-5H,2H2,1H3,(H,13,14). The third-order valence-electron chi connectivity index (χ3n) is 2.29. The van der Waals surface area contributed by atoms with Crippen molar-refractivity contribution in [2.75, 3.05) is 0 Å². The number of fused-ring (bicyclic) bond motifs is 1. The maximum atomic E-state index is 13.0. The predicted molar refractivity (Wildman–Crippen MR) is 54.7 cm³/mol. The van der Waals surface area contributed by atoms with Gasteiger partial charge in [0.05, 0.1) is 0 Å². The summed E-state index contributed by atoms with van der Waals surface area (Å²) < 4.78 is 13.7. The van der Waals surface area contributed by atoms with Crippen LogP contribution in [0.25, 0.3) is 0 Å². The van der Waals surface area contributed by atoms with E-state index >= 15 is 0 Å². The number of nitrogens with one attached hydrogen (secondary N) is 1. The maximum absolute atomic E-state index is 13.0. The third-order valence-corrected chi connectivity index (χ3v) is 3.00. The van der Waals surface area contributed by atoms with Crippen LogP contribution in [0.15, 0.2) is 16.6 Å². The van der Waals surface area contributed by atoms with Gasteiger partial charge in [-0.15, -0.1) is 0 Å². The minimum absolute atomic E-state index is 0.108. The van der Waals surface area contributed by atoms with Crippen molar-refractivity contribution in [3.05, 3.63) is 33.5 Å². The summed E-state index contributed by atoms with van der Waals surface area (Å²) in [4.78, 5) is 11.5. The third kappa shape index (κ3) is 1.54. The first-order chi connectivity index (χ1) is 6.58. The Hall–Kier alpha value is -0.900. The minimum Gasteiger partial charge on any atom is -0.349 e. The van der Waals surface area contributed by atoms with Gasteiger partial charge in [-0.25, -0.2) is 4.39 Å². The quantitative estimate of drug-likeness (QED) is 0.759. The summed E-state index contributed by atoms with van der Waals surface area (Å²) in [6.45, 7) is 1.93. The molecule has 0 spiro atoms. The van der Waals surface area contributed by atoms with Crippen molar-refractivity contribution in [2.24, 2.45) is 0 Å². The zero-order valence-electron chi connectivity index (χ0n) is 7.60. The lowest BCUT2D eigenvalue weighted by atomic mass is 9.96. The van der Waals surface area contributed by atoms with Gasteiger partial charge in [0.25, 0.3) is 5.91 Å². The van der Waals surface area contributed by atoms with Crippen molar-refractivity contribution in [2.45, 2.75) is 19.4 Å². The summed E-state index contributed by atoms with van der Waals surface area (Å²) in [5.41, 5.74) is 1.33. The van der Waals surface area contributed by atoms with E-state index in [2.05, 4.69) is 21.2 Å². The molecule has 0 aliphatic carbocycles. The van der Waals surface area contributed by atoms with Gasteiger partial charge in [0, 0.05) is 16.1 Å². The van der Waals surface area contributed by atoms with Crippen LogP contribution in [0.2, 0.25) is 0 Å². The Morgan fingerprint density at radius 2 is 2.29 bits per heavy atom. The molecule has 74 valence electrons. The van der Waals surface area contributed by atoms with Crippen molar-refractivity contribution in [3.8, 4) is 0 Å². The summed E-state index contributed by atoms with van der Waals surface area (Å²) >= 11 is 3.27. The number of halogens is 2. The molecule has 0 bridgehead atoms. The first-order valence-corrected chi connectivity index (χ1v) is 5.16. The van der Waals surface area contributed by atoms with E-state index in [1.54, 1.807) is 0 Å². The van der Waals surface area contributed by atoms with Gasteiger partial charge in [-0.05, 0) is 31.0 Å². The highest BCUT2D eigenvalue weighted by molar-refractivity contribution is 9.10. The van der Waals surface area contributed by atoms with Crippen LogP contribution in [0.3, 0.4) is 0 Å². The number of benzene rings is 1. The predicted octanol–water partition coefficient (Wildman–Crippen LogP) is 2.26. The maximum Gasteiger partial charge on any atom is 0.251 e. The molecule has 0 saturated carbocycles. The second-order valence-electron chi connectivity index (χ2n) is 3.49. The Labute approximate surface area is 89.6 Å². The zero-order chi connectivity index (χ0) is 10.3. The smallest absolute Gasteiger partial charge is 0.251 e. The van der Waals surface area contributed by atoms with Gasteiger partial charge in [-0.2, -0.15) is 0 Å². The highest BCUT2D eigenvalue weighted by atomic mass is 79.9. The first-order valence-electron chi connectivity index (χ1n) is 4.36. The minimum atomic E-state index is -0.389. The molecule has 1 atom stereocenters. The second-order valence-corrected chi connectivity index (χ2v) is 4.35. The Bertz CT molecular complexity index is 405. The zero-order valence-corrected chi connectivity index (χ0v) is 9.19. The summed E-state index contributed by atoms with van der Waals surface area (Å²) in [5.74, 6) is -0.584. The van der Waals surface area contributed by atoms with Crippen LogP contribution in [-0.4, -0.2) is 11.9 Å². The van der Waals surface area contributed by atoms with Crippen LogP contribution in [0, 0.1) is 5.82 Å². The molecular formula is C10H9BrFNO. The molecule has 1 heterocycles. The van der Waals surface area contributed by atoms with Crippen LogP contribution in [-0.2, 0) is 6.42 Å². The van der Waals surface area contributed by atoms with Crippen LogP contribution in [0.1, 0.15) is 22.8 Å². The molecule has 0 fully saturated rings. The SMILES string of the molecule is CC1Cc2c(Br)cc(F)cc2C(=O)N1. The van der Waals surface area contributed by atoms with Gasteiger partial charge in [0.2, 0.25) is 0 Å². The molecule has 0 saturated heterocycles. The Balaban J connectivity index is 2.59. The molecule has 1 aromatic carbocycles. The Morgan fingerprint density at radius 3 is 3.00 bits per heavy atom. The van der Waals surface area contributed by atoms with E-state index < -0.39 is 0 Å². The van der Waals surface area contributed by atoms with Gasteiger partial charge in [-0.1, -0.05) is 15.9 Å². The van der Waals surface area contributed by atoms with Crippen molar-refractivity contribution >= 4 is 21.8 Å². The van der Waals surface area contributed by atoms with E-state index in [-0.39, 0.29) is 17.8 Å². The molecule has 1 aliphatic heterocycles. The van der Waals surface area contributed by atoms with E-state index in [1.807, 2.05) is 6.92 Å². The molecule has 4 heteroatoms. The molecule has 0 aromatic heterocycles. The molecule has 2 nitrogen and oxygen atoms in total. The molecule has 1 N–H and O–H groups in total. The van der Waals surface area contributed by atoms with Gasteiger partial charge in [0.15, 0.2) is 0 Å².